The third kappa shape index (κ3) is 5.77. The molecule has 0 fully saturated rings. The Morgan fingerprint density at radius 3 is 2.33 bits per heavy atom. The molecule has 0 aliphatic heterocycles. The summed E-state index contributed by atoms with van der Waals surface area (Å²) in [4.78, 5) is 23.7. The van der Waals surface area contributed by atoms with Crippen molar-refractivity contribution in [1.82, 2.24) is 0 Å². The lowest BCUT2D eigenvalue weighted by Crippen LogP contribution is -2.40. The number of nitrogens with two attached hydrogens (primary N) is 1. The van der Waals surface area contributed by atoms with Gasteiger partial charge in [0.1, 0.15) is 0 Å². The number of hydrogen-bond acceptors (Lipinski definition) is 6. The molecule has 1 aromatic carbocycles. The number of carbonyl (C=O) groups excluding carboxylic acids is 2. The van der Waals surface area contributed by atoms with Crippen LogP contribution in [0.4, 0.5) is 5.69 Å². The molecule has 136 valence electrons. The molecule has 0 saturated carbocycles. The van der Waals surface area contributed by atoms with Gasteiger partial charge in [0.25, 0.3) is 0 Å². The van der Waals surface area contributed by atoms with Gasteiger partial charge in [0.05, 0.1) is 23.6 Å². The summed E-state index contributed by atoms with van der Waals surface area (Å²) in [5.41, 5.74) is 6.05. The van der Waals surface area contributed by atoms with Crippen LogP contribution in [0.2, 0.25) is 0 Å². The fourth-order valence-electron chi connectivity index (χ4n) is 1.86. The van der Waals surface area contributed by atoms with E-state index in [1.807, 2.05) is 13.8 Å². The smallest absolute Gasteiger partial charge is 0.337 e. The molecule has 2 unspecified atom stereocenters. The van der Waals surface area contributed by atoms with E-state index in [9.17, 15) is 18.0 Å². The monoisotopic (exact) mass is 378 g/mol. The van der Waals surface area contributed by atoms with Gasteiger partial charge in [0, 0.05) is 11.9 Å². The number of amides is 1. The number of methoxy groups -OCH3 is 1. The van der Waals surface area contributed by atoms with Crippen LogP contribution in [0.3, 0.4) is 0 Å². The summed E-state index contributed by atoms with van der Waals surface area (Å²) >= 11 is 0. The molecule has 24 heavy (non-hydrogen) atoms. The molecule has 0 spiro atoms. The zero-order chi connectivity index (χ0) is 17.8. The van der Waals surface area contributed by atoms with Gasteiger partial charge < -0.3 is 15.8 Å². The number of esters is 1. The Labute approximate surface area is 148 Å². The summed E-state index contributed by atoms with van der Waals surface area (Å²) in [5.74, 6) is -1.17. The van der Waals surface area contributed by atoms with Crippen molar-refractivity contribution in [1.29, 1.82) is 0 Å². The van der Waals surface area contributed by atoms with Crippen LogP contribution >= 0.6 is 12.4 Å². The molecular weight excluding hydrogens is 356 g/mol. The maximum Gasteiger partial charge on any atom is 0.337 e. The normalized spacial score (nSPS) is 13.4. The van der Waals surface area contributed by atoms with Crippen LogP contribution < -0.4 is 11.1 Å². The highest BCUT2D eigenvalue weighted by atomic mass is 35.5. The van der Waals surface area contributed by atoms with Gasteiger partial charge >= 0.3 is 5.97 Å². The van der Waals surface area contributed by atoms with Gasteiger partial charge in [-0.1, -0.05) is 20.3 Å². The first-order chi connectivity index (χ1) is 10.6. The molecular formula is C15H23ClN2O5S. The van der Waals surface area contributed by atoms with Crippen LogP contribution in [0.5, 0.6) is 0 Å². The van der Waals surface area contributed by atoms with Crippen molar-refractivity contribution < 1.29 is 22.7 Å². The second-order valence-electron chi connectivity index (χ2n) is 5.41. The van der Waals surface area contributed by atoms with Crippen molar-refractivity contribution >= 4 is 39.8 Å². The fraction of sp³-hybridized carbons (Fsp3) is 0.467. The van der Waals surface area contributed by atoms with E-state index in [-0.39, 0.29) is 34.5 Å². The van der Waals surface area contributed by atoms with Crippen molar-refractivity contribution in [3.05, 3.63) is 23.8 Å². The molecule has 7 nitrogen and oxygen atoms in total. The first-order valence-electron chi connectivity index (χ1n) is 7.10. The highest BCUT2D eigenvalue weighted by Crippen LogP contribution is 2.20. The second-order valence-corrected chi connectivity index (χ2v) is 7.43. The minimum absolute atomic E-state index is 0. The topological polar surface area (TPSA) is 116 Å². The number of sulfone groups is 1. The first-order valence-corrected chi connectivity index (χ1v) is 8.99. The number of anilines is 1. The molecule has 0 bridgehead atoms. The van der Waals surface area contributed by atoms with Crippen LogP contribution in [0.1, 0.15) is 30.6 Å². The summed E-state index contributed by atoms with van der Waals surface area (Å²) in [6, 6.07) is 3.10. The standard InChI is InChI=1S/C15H22N2O5S.ClH/c1-5-9(2)13(16)14(18)17-11-6-10(15(19)22-3)7-12(8-11)23(4,20)21;/h6-9,13H,5,16H2,1-4H3,(H,17,18);1H. The predicted octanol–water partition coefficient (Wildman–Crippen LogP) is 1.61. The van der Waals surface area contributed by atoms with Crippen molar-refractivity contribution in [3.8, 4) is 0 Å². The summed E-state index contributed by atoms with van der Waals surface area (Å²) in [6.45, 7) is 3.76. The molecule has 0 saturated heterocycles. The predicted molar refractivity (Wildman–Crippen MR) is 94.2 cm³/mol. The Morgan fingerprint density at radius 1 is 1.29 bits per heavy atom. The Morgan fingerprint density at radius 2 is 1.88 bits per heavy atom. The Balaban J connectivity index is 0.00000529. The summed E-state index contributed by atoms with van der Waals surface area (Å²) in [5, 5.41) is 2.55. The number of benzene rings is 1. The first kappa shape index (κ1) is 22.4. The van der Waals surface area contributed by atoms with Crippen LogP contribution in [0.25, 0.3) is 0 Å². The molecule has 0 heterocycles. The molecule has 0 aliphatic carbocycles. The molecule has 9 heteroatoms. The number of hydrogen-bond donors (Lipinski definition) is 2. The van der Waals surface area contributed by atoms with E-state index in [0.29, 0.717) is 0 Å². The van der Waals surface area contributed by atoms with E-state index in [0.717, 1.165) is 12.7 Å². The maximum absolute atomic E-state index is 12.1. The maximum atomic E-state index is 12.1. The minimum Gasteiger partial charge on any atom is -0.465 e. The summed E-state index contributed by atoms with van der Waals surface area (Å²) in [7, 11) is -2.37. The van der Waals surface area contributed by atoms with E-state index < -0.39 is 27.8 Å². The lowest BCUT2D eigenvalue weighted by Gasteiger charge is -2.18. The number of halogens is 1. The van der Waals surface area contributed by atoms with E-state index in [4.69, 9.17) is 5.73 Å². The highest BCUT2D eigenvalue weighted by Gasteiger charge is 2.21. The summed E-state index contributed by atoms with van der Waals surface area (Å²) in [6.07, 6.45) is 1.74. The third-order valence-electron chi connectivity index (χ3n) is 3.58. The van der Waals surface area contributed by atoms with Gasteiger partial charge in [0.15, 0.2) is 9.84 Å². The fourth-order valence-corrected chi connectivity index (χ4v) is 2.54. The quantitative estimate of drug-likeness (QED) is 0.726. The molecule has 1 amide bonds. The zero-order valence-electron chi connectivity index (χ0n) is 14.0. The van der Waals surface area contributed by atoms with E-state index in [1.54, 1.807) is 0 Å². The van der Waals surface area contributed by atoms with Gasteiger partial charge in [-0.3, -0.25) is 4.79 Å². The molecule has 1 rings (SSSR count). The van der Waals surface area contributed by atoms with Crippen LogP contribution in [0, 0.1) is 5.92 Å². The van der Waals surface area contributed by atoms with Crippen molar-refractivity contribution in [2.24, 2.45) is 11.7 Å². The summed E-state index contributed by atoms with van der Waals surface area (Å²) < 4.78 is 28.1. The molecule has 2 atom stereocenters. The van der Waals surface area contributed by atoms with E-state index >= 15 is 0 Å². The van der Waals surface area contributed by atoms with E-state index in [2.05, 4.69) is 10.1 Å². The average molecular weight is 379 g/mol. The number of nitrogens with one attached hydrogen (secondary N) is 1. The minimum atomic E-state index is -3.56. The zero-order valence-corrected chi connectivity index (χ0v) is 15.7. The lowest BCUT2D eigenvalue weighted by atomic mass is 9.99. The van der Waals surface area contributed by atoms with Gasteiger partial charge in [-0.25, -0.2) is 13.2 Å². The number of ether oxygens (including phenoxy) is 1. The average Bonchev–Trinajstić information content (AvgIpc) is 2.51. The van der Waals surface area contributed by atoms with Gasteiger partial charge in [-0.15, -0.1) is 12.4 Å². The van der Waals surface area contributed by atoms with Crippen molar-refractivity contribution in [2.45, 2.75) is 31.2 Å². The number of carbonyl (C=O) groups is 2. The van der Waals surface area contributed by atoms with Crippen molar-refractivity contribution in [2.75, 3.05) is 18.7 Å². The van der Waals surface area contributed by atoms with Crippen molar-refractivity contribution in [3.63, 3.8) is 0 Å². The molecule has 0 radical (unpaired) electrons. The Hall–Kier alpha value is -1.64. The van der Waals surface area contributed by atoms with Gasteiger partial charge in [-0.2, -0.15) is 0 Å². The largest absolute Gasteiger partial charge is 0.465 e. The van der Waals surface area contributed by atoms with Crippen LogP contribution in [0.15, 0.2) is 23.1 Å². The Kier molecular flexibility index (Phi) is 8.39. The Bertz CT molecular complexity index is 706. The number of rotatable bonds is 6. The van der Waals surface area contributed by atoms with E-state index in [1.165, 1.54) is 25.3 Å². The van der Waals surface area contributed by atoms with Gasteiger partial charge in [-0.05, 0) is 24.1 Å². The lowest BCUT2D eigenvalue weighted by molar-refractivity contribution is -0.118. The SMILES string of the molecule is CCC(C)C(N)C(=O)Nc1cc(C(=O)OC)cc(S(C)(=O)=O)c1.Cl. The highest BCUT2D eigenvalue weighted by molar-refractivity contribution is 7.90. The van der Waals surface area contributed by atoms with Crippen LogP contribution in [-0.4, -0.2) is 39.7 Å². The van der Waals surface area contributed by atoms with Gasteiger partial charge in [0.2, 0.25) is 5.91 Å². The van der Waals surface area contributed by atoms with Crippen LogP contribution in [-0.2, 0) is 19.4 Å². The molecule has 0 aliphatic rings. The third-order valence-corrected chi connectivity index (χ3v) is 4.68. The molecule has 0 aromatic heterocycles. The second kappa shape index (κ2) is 9.00. The molecule has 3 N–H and O–H groups in total. The molecule has 1 aromatic rings.